The van der Waals surface area contributed by atoms with Gasteiger partial charge in [-0.25, -0.2) is 13.8 Å². The van der Waals surface area contributed by atoms with E-state index in [1.165, 1.54) is 7.11 Å². The average Bonchev–Trinajstić information content (AvgIpc) is 2.17. The van der Waals surface area contributed by atoms with E-state index in [9.17, 15) is 8.78 Å². The van der Waals surface area contributed by atoms with Crippen LogP contribution in [0.25, 0.3) is 0 Å². The predicted octanol–water partition coefficient (Wildman–Crippen LogP) is 2.55. The van der Waals surface area contributed by atoms with Gasteiger partial charge >= 0.3 is 0 Å². The molecule has 0 spiro atoms. The summed E-state index contributed by atoms with van der Waals surface area (Å²) in [5, 5.41) is 8.38. The molecule has 0 atom stereocenters. The zero-order valence-corrected chi connectivity index (χ0v) is 7.85. The van der Waals surface area contributed by atoms with Crippen LogP contribution < -0.4 is 4.74 Å². The molecule has 74 valence electrons. The molecule has 14 heavy (non-hydrogen) atoms. The summed E-state index contributed by atoms with van der Waals surface area (Å²) in [5.41, 5.74) is -0.862. The van der Waals surface area contributed by atoms with E-state index in [2.05, 4.69) is 4.98 Å². The Labute approximate surface area is 83.9 Å². The first kappa shape index (κ1) is 10.7. The molecule has 0 aliphatic heterocycles. The number of ether oxygens (including phenoxy) is 1. The molecule has 0 radical (unpaired) electrons. The number of pyridine rings is 1. The molecule has 1 aromatic rings. The fraction of sp³-hybridized carbons (Fsp3) is 0.250. The second-order valence-electron chi connectivity index (χ2n) is 2.33. The molecule has 0 saturated heterocycles. The van der Waals surface area contributed by atoms with Gasteiger partial charge in [0.25, 0.3) is 6.43 Å². The first-order chi connectivity index (χ1) is 6.60. The van der Waals surface area contributed by atoms with Crippen LogP contribution in [0.3, 0.4) is 0 Å². The van der Waals surface area contributed by atoms with Gasteiger partial charge in [-0.2, -0.15) is 5.26 Å². The molecule has 0 bridgehead atoms. The van der Waals surface area contributed by atoms with Gasteiger partial charge < -0.3 is 4.74 Å². The molecular weight excluding hydrogens is 214 g/mol. The van der Waals surface area contributed by atoms with E-state index >= 15 is 0 Å². The summed E-state index contributed by atoms with van der Waals surface area (Å²) in [4.78, 5) is 3.38. The van der Waals surface area contributed by atoms with E-state index in [1.54, 1.807) is 6.07 Å². The lowest BCUT2D eigenvalue weighted by molar-refractivity contribution is 0.145. The molecular formula is C8H5ClF2N2O. The minimum Gasteiger partial charge on any atom is -0.493 e. The third-order valence-electron chi connectivity index (χ3n) is 1.52. The summed E-state index contributed by atoms with van der Waals surface area (Å²) < 4.78 is 29.4. The number of alkyl halides is 2. The van der Waals surface area contributed by atoms with Crippen LogP contribution in [0.4, 0.5) is 8.78 Å². The predicted molar refractivity (Wildman–Crippen MR) is 45.5 cm³/mol. The summed E-state index contributed by atoms with van der Waals surface area (Å²) >= 11 is 5.52. The van der Waals surface area contributed by atoms with Crippen molar-refractivity contribution in [2.24, 2.45) is 0 Å². The monoisotopic (exact) mass is 218 g/mol. The van der Waals surface area contributed by atoms with Gasteiger partial charge in [-0.1, -0.05) is 11.6 Å². The number of methoxy groups -OCH3 is 1. The summed E-state index contributed by atoms with van der Waals surface area (Å²) in [6.45, 7) is 0. The molecule has 0 aliphatic carbocycles. The fourth-order valence-corrected chi connectivity index (χ4v) is 1.11. The molecule has 1 aromatic heterocycles. The maximum absolute atomic E-state index is 12.3. The van der Waals surface area contributed by atoms with Crippen molar-refractivity contribution in [1.29, 1.82) is 5.26 Å². The molecule has 0 aliphatic rings. The molecule has 0 unspecified atom stereocenters. The van der Waals surface area contributed by atoms with Crippen molar-refractivity contribution in [1.82, 2.24) is 4.98 Å². The summed E-state index contributed by atoms with van der Waals surface area (Å²) in [7, 11) is 1.31. The molecule has 0 amide bonds. The maximum Gasteiger partial charge on any atom is 0.281 e. The van der Waals surface area contributed by atoms with Gasteiger partial charge in [0.1, 0.15) is 11.8 Å². The van der Waals surface area contributed by atoms with Crippen LogP contribution >= 0.6 is 11.6 Å². The highest BCUT2D eigenvalue weighted by molar-refractivity contribution is 6.30. The highest BCUT2D eigenvalue weighted by atomic mass is 35.5. The van der Waals surface area contributed by atoms with Gasteiger partial charge in [0.15, 0.2) is 10.9 Å². The molecule has 0 fully saturated rings. The van der Waals surface area contributed by atoms with Gasteiger partial charge in [-0.3, -0.25) is 0 Å². The van der Waals surface area contributed by atoms with Crippen LogP contribution in [0.15, 0.2) is 6.07 Å². The van der Waals surface area contributed by atoms with Gasteiger partial charge in [0, 0.05) is 6.07 Å². The van der Waals surface area contributed by atoms with Crippen LogP contribution in [0.1, 0.15) is 17.7 Å². The Hall–Kier alpha value is -1.41. The van der Waals surface area contributed by atoms with E-state index in [0.29, 0.717) is 0 Å². The number of nitriles is 1. The van der Waals surface area contributed by atoms with E-state index in [0.717, 1.165) is 6.07 Å². The van der Waals surface area contributed by atoms with E-state index in [1.807, 2.05) is 0 Å². The quantitative estimate of drug-likeness (QED) is 0.717. The molecule has 1 rings (SSSR count). The topological polar surface area (TPSA) is 45.9 Å². The largest absolute Gasteiger partial charge is 0.493 e. The van der Waals surface area contributed by atoms with E-state index < -0.39 is 12.1 Å². The highest BCUT2D eigenvalue weighted by Gasteiger charge is 2.18. The van der Waals surface area contributed by atoms with Crippen LogP contribution in [-0.4, -0.2) is 12.1 Å². The van der Waals surface area contributed by atoms with Crippen molar-refractivity contribution in [2.75, 3.05) is 7.11 Å². The normalized spacial score (nSPS) is 10.0. The zero-order valence-electron chi connectivity index (χ0n) is 7.09. The number of rotatable bonds is 2. The average molecular weight is 219 g/mol. The van der Waals surface area contributed by atoms with E-state index in [-0.39, 0.29) is 16.5 Å². The van der Waals surface area contributed by atoms with Gasteiger partial charge in [-0.05, 0) is 0 Å². The Bertz CT molecular complexity index is 390. The molecule has 3 nitrogen and oxygen atoms in total. The number of aromatic nitrogens is 1. The molecule has 0 saturated carbocycles. The summed E-state index contributed by atoms with van der Waals surface area (Å²) in [6.07, 6.45) is -2.83. The number of halogens is 3. The second-order valence-corrected chi connectivity index (χ2v) is 2.68. The Morgan fingerprint density at radius 2 is 2.29 bits per heavy atom. The van der Waals surface area contributed by atoms with Crippen molar-refractivity contribution in [3.05, 3.63) is 22.5 Å². The number of hydrogen-bond donors (Lipinski definition) is 0. The van der Waals surface area contributed by atoms with Crippen LogP contribution in [-0.2, 0) is 0 Å². The molecule has 6 heteroatoms. The van der Waals surface area contributed by atoms with Crippen molar-refractivity contribution in [3.8, 4) is 11.8 Å². The smallest absolute Gasteiger partial charge is 0.281 e. The first-order valence-electron chi connectivity index (χ1n) is 3.52. The van der Waals surface area contributed by atoms with Crippen molar-refractivity contribution in [2.45, 2.75) is 6.43 Å². The number of nitrogens with zero attached hydrogens (tertiary/aromatic N) is 2. The second kappa shape index (κ2) is 4.20. The Morgan fingerprint density at radius 3 is 2.71 bits per heavy atom. The van der Waals surface area contributed by atoms with Gasteiger partial charge in [-0.15, -0.1) is 0 Å². The van der Waals surface area contributed by atoms with Crippen LogP contribution in [0, 0.1) is 11.3 Å². The fourth-order valence-electron chi connectivity index (χ4n) is 0.885. The Balaban J connectivity index is 3.33. The minimum absolute atomic E-state index is 0.104. The highest BCUT2D eigenvalue weighted by Crippen LogP contribution is 2.29. The standard InChI is InChI=1S/C8H5ClF2N2O/c1-14-5-2-4(3-12)6(8(10)11)13-7(5)9/h2,8H,1H3. The lowest BCUT2D eigenvalue weighted by atomic mass is 10.2. The lowest BCUT2D eigenvalue weighted by Crippen LogP contribution is -1.98. The number of hydrogen-bond acceptors (Lipinski definition) is 3. The first-order valence-corrected chi connectivity index (χ1v) is 3.90. The molecule has 0 N–H and O–H groups in total. The maximum atomic E-state index is 12.3. The summed E-state index contributed by atoms with van der Waals surface area (Å²) in [6, 6.07) is 2.73. The molecule has 1 heterocycles. The Kier molecular flexibility index (Phi) is 3.20. The minimum atomic E-state index is -2.83. The van der Waals surface area contributed by atoms with Crippen molar-refractivity contribution in [3.63, 3.8) is 0 Å². The SMILES string of the molecule is COc1cc(C#N)c(C(F)F)nc1Cl. The summed E-state index contributed by atoms with van der Waals surface area (Å²) in [5.74, 6) is 0.104. The molecule has 0 aromatic carbocycles. The van der Waals surface area contributed by atoms with Gasteiger partial charge in [0.2, 0.25) is 0 Å². The lowest BCUT2D eigenvalue weighted by Gasteiger charge is -2.06. The van der Waals surface area contributed by atoms with Crippen LogP contribution in [0.5, 0.6) is 5.75 Å². The Morgan fingerprint density at radius 1 is 1.64 bits per heavy atom. The van der Waals surface area contributed by atoms with Crippen molar-refractivity contribution >= 4 is 11.6 Å². The van der Waals surface area contributed by atoms with Gasteiger partial charge in [0.05, 0.1) is 12.7 Å². The van der Waals surface area contributed by atoms with E-state index in [4.69, 9.17) is 21.6 Å². The third kappa shape index (κ3) is 1.91. The van der Waals surface area contributed by atoms with Crippen LogP contribution in [0.2, 0.25) is 5.15 Å². The zero-order chi connectivity index (χ0) is 10.7. The third-order valence-corrected chi connectivity index (χ3v) is 1.79. The van der Waals surface area contributed by atoms with Crippen molar-refractivity contribution < 1.29 is 13.5 Å².